The first-order chi connectivity index (χ1) is 30.0. The Bertz CT molecular complexity index is 1290. The van der Waals surface area contributed by atoms with Crippen LogP contribution in [0.5, 0.6) is 0 Å². The van der Waals surface area contributed by atoms with Gasteiger partial charge in [-0.15, -0.1) is 0 Å². The minimum Gasteiger partial charge on any atom is -0.462 e. The van der Waals surface area contributed by atoms with Crippen molar-refractivity contribution >= 4 is 17.9 Å². The van der Waals surface area contributed by atoms with Crippen molar-refractivity contribution in [1.29, 1.82) is 0 Å². The molecule has 0 heterocycles. The highest BCUT2D eigenvalue weighted by Gasteiger charge is 2.19. The number of hydrogen-bond donors (Lipinski definition) is 0. The van der Waals surface area contributed by atoms with Crippen LogP contribution >= 0.6 is 0 Å². The molecule has 6 heteroatoms. The largest absolute Gasteiger partial charge is 0.462 e. The van der Waals surface area contributed by atoms with Crippen molar-refractivity contribution in [3.05, 3.63) is 109 Å². The van der Waals surface area contributed by atoms with Crippen LogP contribution in [0, 0.1) is 0 Å². The first kappa shape index (κ1) is 57.1. The lowest BCUT2D eigenvalue weighted by Gasteiger charge is -2.18. The van der Waals surface area contributed by atoms with Gasteiger partial charge in [-0.25, -0.2) is 0 Å². The minimum atomic E-state index is -0.805. The molecule has 0 amide bonds. The summed E-state index contributed by atoms with van der Waals surface area (Å²) in [5, 5.41) is 0. The second-order valence-corrected chi connectivity index (χ2v) is 15.8. The molecular formula is C55H88O6. The number of unbranched alkanes of at least 4 members (excludes halogenated alkanes) is 17. The Morgan fingerprint density at radius 1 is 0.361 bits per heavy atom. The molecule has 0 bridgehead atoms. The van der Waals surface area contributed by atoms with Crippen LogP contribution in [-0.4, -0.2) is 37.2 Å². The van der Waals surface area contributed by atoms with Crippen molar-refractivity contribution < 1.29 is 28.6 Å². The Balaban J connectivity index is 4.49. The maximum absolute atomic E-state index is 12.8. The van der Waals surface area contributed by atoms with Gasteiger partial charge in [0.1, 0.15) is 13.2 Å². The third-order valence-corrected chi connectivity index (χ3v) is 9.84. The zero-order valence-electron chi connectivity index (χ0n) is 39.1. The van der Waals surface area contributed by atoms with Crippen molar-refractivity contribution in [3.63, 3.8) is 0 Å². The summed E-state index contributed by atoms with van der Waals surface area (Å²) in [5.41, 5.74) is 0. The van der Waals surface area contributed by atoms with Crippen LogP contribution < -0.4 is 0 Å². The highest BCUT2D eigenvalue weighted by molar-refractivity contribution is 5.71. The number of ether oxygens (including phenoxy) is 3. The Labute approximate surface area is 374 Å². The Morgan fingerprint density at radius 2 is 0.738 bits per heavy atom. The Morgan fingerprint density at radius 3 is 1.23 bits per heavy atom. The molecule has 0 aromatic heterocycles. The molecule has 344 valence electrons. The van der Waals surface area contributed by atoms with Crippen LogP contribution in [0.4, 0.5) is 0 Å². The van der Waals surface area contributed by atoms with Crippen molar-refractivity contribution in [3.8, 4) is 0 Å². The lowest BCUT2D eigenvalue weighted by Crippen LogP contribution is -2.30. The van der Waals surface area contributed by atoms with Crippen molar-refractivity contribution in [2.75, 3.05) is 13.2 Å². The third-order valence-electron chi connectivity index (χ3n) is 9.84. The first-order valence-corrected chi connectivity index (χ1v) is 24.5. The quantitative estimate of drug-likeness (QED) is 0.0200. The molecular weight excluding hydrogens is 757 g/mol. The summed E-state index contributed by atoms with van der Waals surface area (Å²) in [7, 11) is 0. The van der Waals surface area contributed by atoms with Crippen LogP contribution in [0.3, 0.4) is 0 Å². The molecule has 0 N–H and O–H groups in total. The Kier molecular flexibility index (Phi) is 45.6. The van der Waals surface area contributed by atoms with Gasteiger partial charge in [0.15, 0.2) is 6.10 Å². The van der Waals surface area contributed by atoms with E-state index in [1.54, 1.807) is 0 Å². The standard InChI is InChI=1S/C55H88O6/c1-4-7-10-13-16-19-22-24-26-27-28-29-31-33-36-39-42-45-48-54(57)60-51-52(50-59-53(56)47-44-41-38-35-32-21-18-15-12-9-6-3)61-55(58)49-46-43-40-37-34-30-25-23-20-17-14-11-8-5-2/h8,10-11,13,15-20,22,24-30,52H,4-7,9,12,14,21,23,31-51H2,1-3H3/b11-8-,13-10-,18-15-,19-16-,20-17-,24-22-,27-26-,29-28-,30-25-. The van der Waals surface area contributed by atoms with Gasteiger partial charge >= 0.3 is 17.9 Å². The van der Waals surface area contributed by atoms with E-state index in [9.17, 15) is 14.4 Å². The average molecular weight is 845 g/mol. The van der Waals surface area contributed by atoms with E-state index in [0.29, 0.717) is 19.3 Å². The predicted octanol–water partition coefficient (Wildman–Crippen LogP) is 16.0. The molecule has 0 fully saturated rings. The highest BCUT2D eigenvalue weighted by Crippen LogP contribution is 2.13. The van der Waals surface area contributed by atoms with E-state index in [4.69, 9.17) is 14.2 Å². The van der Waals surface area contributed by atoms with Gasteiger partial charge in [-0.1, -0.05) is 201 Å². The summed E-state index contributed by atoms with van der Waals surface area (Å²) >= 11 is 0. The van der Waals surface area contributed by atoms with Gasteiger partial charge in [-0.3, -0.25) is 14.4 Å². The molecule has 0 rings (SSSR count). The van der Waals surface area contributed by atoms with E-state index in [-0.39, 0.29) is 31.1 Å². The summed E-state index contributed by atoms with van der Waals surface area (Å²) in [6.07, 6.45) is 64.9. The van der Waals surface area contributed by atoms with Gasteiger partial charge in [0.05, 0.1) is 0 Å². The van der Waals surface area contributed by atoms with Crippen LogP contribution in [0.15, 0.2) is 109 Å². The number of esters is 3. The number of carbonyl (C=O) groups is 3. The maximum Gasteiger partial charge on any atom is 0.306 e. The summed E-state index contributed by atoms with van der Waals surface area (Å²) in [6, 6.07) is 0. The summed E-state index contributed by atoms with van der Waals surface area (Å²) in [5.74, 6) is -0.969. The van der Waals surface area contributed by atoms with Gasteiger partial charge in [-0.2, -0.15) is 0 Å². The molecule has 0 radical (unpaired) electrons. The topological polar surface area (TPSA) is 78.9 Å². The predicted molar refractivity (Wildman–Crippen MR) is 260 cm³/mol. The van der Waals surface area contributed by atoms with E-state index < -0.39 is 6.10 Å². The molecule has 0 aliphatic carbocycles. The molecule has 1 unspecified atom stereocenters. The maximum atomic E-state index is 12.8. The lowest BCUT2D eigenvalue weighted by atomic mass is 10.1. The number of allylic oxidation sites excluding steroid dienone is 18. The average Bonchev–Trinajstić information content (AvgIpc) is 3.26. The molecule has 1 atom stereocenters. The van der Waals surface area contributed by atoms with E-state index in [2.05, 4.69) is 93.7 Å². The summed E-state index contributed by atoms with van der Waals surface area (Å²) in [6.45, 7) is 6.32. The van der Waals surface area contributed by atoms with Gasteiger partial charge in [-0.05, 0) is 89.9 Å². The zero-order valence-corrected chi connectivity index (χ0v) is 39.1. The molecule has 0 saturated heterocycles. The summed E-state index contributed by atoms with van der Waals surface area (Å²) in [4.78, 5) is 37.9. The van der Waals surface area contributed by atoms with Crippen molar-refractivity contribution in [2.45, 2.75) is 207 Å². The fraction of sp³-hybridized carbons (Fsp3) is 0.618. The Hall–Kier alpha value is -3.93. The zero-order chi connectivity index (χ0) is 44.4. The minimum absolute atomic E-state index is 0.103. The van der Waals surface area contributed by atoms with Gasteiger partial charge in [0.2, 0.25) is 0 Å². The molecule has 0 aliphatic heterocycles. The fourth-order valence-corrected chi connectivity index (χ4v) is 6.17. The van der Waals surface area contributed by atoms with Gasteiger partial charge in [0.25, 0.3) is 0 Å². The fourth-order valence-electron chi connectivity index (χ4n) is 6.17. The molecule has 0 aromatic carbocycles. The molecule has 61 heavy (non-hydrogen) atoms. The molecule has 0 spiro atoms. The van der Waals surface area contributed by atoms with E-state index in [1.165, 1.54) is 32.1 Å². The van der Waals surface area contributed by atoms with E-state index in [0.717, 1.165) is 128 Å². The monoisotopic (exact) mass is 845 g/mol. The molecule has 6 nitrogen and oxygen atoms in total. The second-order valence-electron chi connectivity index (χ2n) is 15.8. The van der Waals surface area contributed by atoms with Crippen LogP contribution in [0.2, 0.25) is 0 Å². The number of rotatable bonds is 42. The normalized spacial score (nSPS) is 13.0. The molecule has 0 aromatic rings. The number of hydrogen-bond acceptors (Lipinski definition) is 6. The van der Waals surface area contributed by atoms with Crippen LogP contribution in [0.1, 0.15) is 201 Å². The van der Waals surface area contributed by atoms with Gasteiger partial charge < -0.3 is 14.2 Å². The summed E-state index contributed by atoms with van der Waals surface area (Å²) < 4.78 is 16.7. The van der Waals surface area contributed by atoms with E-state index >= 15 is 0 Å². The van der Waals surface area contributed by atoms with Crippen molar-refractivity contribution in [2.24, 2.45) is 0 Å². The molecule has 0 aliphatic rings. The van der Waals surface area contributed by atoms with E-state index in [1.807, 2.05) is 36.5 Å². The number of carbonyl (C=O) groups excluding carboxylic acids is 3. The smallest absolute Gasteiger partial charge is 0.306 e. The lowest BCUT2D eigenvalue weighted by molar-refractivity contribution is -0.167. The molecule has 0 saturated carbocycles. The van der Waals surface area contributed by atoms with Crippen molar-refractivity contribution in [1.82, 2.24) is 0 Å². The SMILES string of the molecule is CC/C=C\C/C=C\C/C=C\CCCCCCC(=O)OC(COC(=O)CCCCCCC\C=C/C=C\C=C/C=C\C=C/CCC)COC(=O)CCCCCCC/C=C\CCCC. The van der Waals surface area contributed by atoms with Crippen LogP contribution in [0.25, 0.3) is 0 Å². The van der Waals surface area contributed by atoms with Crippen LogP contribution in [-0.2, 0) is 28.6 Å². The third kappa shape index (κ3) is 47.0. The second kappa shape index (κ2) is 48.7. The first-order valence-electron chi connectivity index (χ1n) is 24.5. The van der Waals surface area contributed by atoms with Gasteiger partial charge in [0, 0.05) is 19.3 Å². The highest BCUT2D eigenvalue weighted by atomic mass is 16.6.